The highest BCUT2D eigenvalue weighted by molar-refractivity contribution is 5.78. The van der Waals surface area contributed by atoms with Crippen molar-refractivity contribution in [3.8, 4) is 0 Å². The lowest BCUT2D eigenvalue weighted by Gasteiger charge is -2.26. The minimum Gasteiger partial charge on any atom is -0.480 e. The van der Waals surface area contributed by atoms with Crippen LogP contribution >= 0.6 is 0 Å². The zero-order chi connectivity index (χ0) is 19.5. The van der Waals surface area contributed by atoms with Crippen LogP contribution in [0.4, 0.5) is 0 Å². The van der Waals surface area contributed by atoms with Gasteiger partial charge in [0.2, 0.25) is 11.8 Å². The molecule has 0 aliphatic carbocycles. The first-order valence-electron chi connectivity index (χ1n) is 8.63. The molecule has 1 unspecified atom stereocenters. The van der Waals surface area contributed by atoms with Crippen molar-refractivity contribution in [3.05, 3.63) is 0 Å². The molecule has 4 N–H and O–H groups in total. The molecule has 0 aromatic heterocycles. The van der Waals surface area contributed by atoms with E-state index in [0.29, 0.717) is 25.5 Å². The smallest absolute Gasteiger partial charge is 0.322 e. The fraction of sp³-hybridized carbons (Fsp3) is 0.824. The maximum absolute atomic E-state index is 11.7. The maximum atomic E-state index is 11.7. The second kappa shape index (κ2) is 11.8. The number of rotatable bonds is 12. The number of nitrogens with one attached hydrogen (secondary N) is 3. The predicted octanol–water partition coefficient (Wildman–Crippen LogP) is 0.513. The minimum atomic E-state index is -1.01. The van der Waals surface area contributed by atoms with Crippen LogP contribution in [-0.4, -0.2) is 60.8 Å². The number of amides is 2. The fourth-order valence-corrected chi connectivity index (χ4v) is 2.00. The minimum absolute atomic E-state index is 0.0106. The third kappa shape index (κ3) is 14.4. The molecule has 2 amide bonds. The lowest BCUT2D eigenvalue weighted by Crippen LogP contribution is -2.53. The van der Waals surface area contributed by atoms with Crippen LogP contribution in [0.3, 0.4) is 0 Å². The highest BCUT2D eigenvalue weighted by Gasteiger charge is 2.23. The summed E-state index contributed by atoms with van der Waals surface area (Å²) in [5, 5.41) is 17.4. The Morgan fingerprint density at radius 3 is 2.20 bits per heavy atom. The summed E-state index contributed by atoms with van der Waals surface area (Å²) in [7, 11) is 0. The van der Waals surface area contributed by atoms with E-state index >= 15 is 0 Å². The van der Waals surface area contributed by atoms with Crippen LogP contribution in [0.25, 0.3) is 0 Å². The largest absolute Gasteiger partial charge is 0.480 e. The fourth-order valence-electron chi connectivity index (χ4n) is 2.00. The number of hydrogen-bond donors (Lipinski definition) is 4. The topological polar surface area (TPSA) is 117 Å². The van der Waals surface area contributed by atoms with Gasteiger partial charge in [-0.15, -0.1) is 0 Å². The van der Waals surface area contributed by atoms with Crippen LogP contribution < -0.4 is 16.0 Å². The van der Waals surface area contributed by atoms with Gasteiger partial charge in [-0.3, -0.25) is 19.7 Å². The zero-order valence-corrected chi connectivity index (χ0v) is 16.0. The maximum Gasteiger partial charge on any atom is 0.322 e. The molecule has 146 valence electrons. The van der Waals surface area contributed by atoms with Crippen molar-refractivity contribution in [2.24, 2.45) is 5.92 Å². The van der Waals surface area contributed by atoms with Gasteiger partial charge < -0.3 is 20.5 Å². The first-order valence-corrected chi connectivity index (χ1v) is 8.63. The molecule has 1 atom stereocenters. The molecule has 0 spiro atoms. The number of carbonyl (C=O) groups excluding carboxylic acids is 2. The van der Waals surface area contributed by atoms with Gasteiger partial charge in [0.25, 0.3) is 0 Å². The lowest BCUT2D eigenvalue weighted by molar-refractivity contribution is -0.140. The molecule has 0 aliphatic heterocycles. The summed E-state index contributed by atoms with van der Waals surface area (Å²) in [4.78, 5) is 34.3. The molecule has 0 fully saturated rings. The summed E-state index contributed by atoms with van der Waals surface area (Å²) in [6, 6.07) is -0.846. The van der Waals surface area contributed by atoms with Crippen molar-refractivity contribution >= 4 is 17.8 Å². The number of carboxylic acids is 1. The van der Waals surface area contributed by atoms with Crippen LogP contribution in [-0.2, 0) is 19.1 Å². The van der Waals surface area contributed by atoms with Crippen molar-refractivity contribution < 1.29 is 24.2 Å². The van der Waals surface area contributed by atoms with E-state index in [4.69, 9.17) is 9.84 Å². The van der Waals surface area contributed by atoms with Crippen molar-refractivity contribution in [1.29, 1.82) is 0 Å². The Morgan fingerprint density at radius 1 is 1.04 bits per heavy atom. The Labute approximate surface area is 150 Å². The van der Waals surface area contributed by atoms with Crippen LogP contribution in [0.15, 0.2) is 0 Å². The Bertz CT molecular complexity index is 432. The highest BCUT2D eigenvalue weighted by atomic mass is 16.5. The van der Waals surface area contributed by atoms with E-state index in [1.54, 1.807) is 0 Å². The van der Waals surface area contributed by atoms with Crippen LogP contribution in [0, 0.1) is 5.92 Å². The quantitative estimate of drug-likeness (QED) is 0.377. The van der Waals surface area contributed by atoms with Crippen LogP contribution in [0.5, 0.6) is 0 Å². The molecule has 25 heavy (non-hydrogen) atoms. The Hall–Kier alpha value is -1.67. The van der Waals surface area contributed by atoms with E-state index in [-0.39, 0.29) is 36.9 Å². The molecule has 0 aromatic carbocycles. The Morgan fingerprint density at radius 2 is 1.68 bits per heavy atom. The predicted molar refractivity (Wildman–Crippen MR) is 95.2 cm³/mol. The first kappa shape index (κ1) is 23.3. The van der Waals surface area contributed by atoms with Gasteiger partial charge in [0.15, 0.2) is 0 Å². The molecule has 8 heteroatoms. The van der Waals surface area contributed by atoms with E-state index in [9.17, 15) is 14.4 Å². The first-order chi connectivity index (χ1) is 11.5. The summed E-state index contributed by atoms with van der Waals surface area (Å²) < 4.78 is 5.29. The average Bonchev–Trinajstić information content (AvgIpc) is 2.44. The Balaban J connectivity index is 3.82. The van der Waals surface area contributed by atoms with Crippen molar-refractivity contribution in [3.63, 3.8) is 0 Å². The van der Waals surface area contributed by atoms with Gasteiger partial charge in [0, 0.05) is 31.5 Å². The van der Waals surface area contributed by atoms with Crippen LogP contribution in [0.2, 0.25) is 0 Å². The van der Waals surface area contributed by atoms with E-state index in [0.717, 1.165) is 0 Å². The second-order valence-corrected chi connectivity index (χ2v) is 7.40. The molecule has 0 heterocycles. The number of carbonyl (C=O) groups is 3. The van der Waals surface area contributed by atoms with Gasteiger partial charge in [0.1, 0.15) is 6.04 Å². The lowest BCUT2D eigenvalue weighted by atomic mass is 10.1. The Kier molecular flexibility index (Phi) is 11.0. The van der Waals surface area contributed by atoms with Crippen molar-refractivity contribution in [2.45, 2.75) is 59.0 Å². The molecule has 0 aliphatic rings. The van der Waals surface area contributed by atoms with Gasteiger partial charge >= 0.3 is 5.97 Å². The molecular weight excluding hydrogens is 326 g/mol. The average molecular weight is 359 g/mol. The van der Waals surface area contributed by atoms with E-state index in [1.807, 2.05) is 34.6 Å². The third-order valence-electron chi connectivity index (χ3n) is 3.04. The molecule has 0 bridgehead atoms. The number of hydrogen-bond acceptors (Lipinski definition) is 5. The molecule has 8 nitrogen and oxygen atoms in total. The second-order valence-electron chi connectivity index (χ2n) is 7.40. The molecule has 0 saturated carbocycles. The van der Waals surface area contributed by atoms with Crippen molar-refractivity contribution in [1.82, 2.24) is 16.0 Å². The SMILES string of the molecule is CC(C)CC(=O)NCCOCCC(=O)NCC(NC(C)(C)C)C(=O)O. The van der Waals surface area contributed by atoms with Crippen molar-refractivity contribution in [2.75, 3.05) is 26.3 Å². The summed E-state index contributed by atoms with van der Waals surface area (Å²) in [5.74, 6) is -0.983. The normalized spacial score (nSPS) is 12.7. The van der Waals surface area contributed by atoms with Gasteiger partial charge in [-0.25, -0.2) is 0 Å². The van der Waals surface area contributed by atoms with E-state index in [2.05, 4.69) is 16.0 Å². The summed E-state index contributed by atoms with van der Waals surface area (Å²) in [6.07, 6.45) is 0.623. The molecule has 0 saturated heterocycles. The summed E-state index contributed by atoms with van der Waals surface area (Å²) >= 11 is 0. The van der Waals surface area contributed by atoms with Gasteiger partial charge in [-0.2, -0.15) is 0 Å². The molecule has 0 radical (unpaired) electrons. The molecular formula is C17H33N3O5. The number of aliphatic carboxylic acids is 1. The monoisotopic (exact) mass is 359 g/mol. The molecule has 0 rings (SSSR count). The van der Waals surface area contributed by atoms with Gasteiger partial charge in [0.05, 0.1) is 13.2 Å². The zero-order valence-electron chi connectivity index (χ0n) is 16.0. The van der Waals surface area contributed by atoms with Crippen LogP contribution in [0.1, 0.15) is 47.5 Å². The number of carboxylic acid groups (broad SMARTS) is 1. The van der Waals surface area contributed by atoms with Gasteiger partial charge in [-0.05, 0) is 26.7 Å². The summed E-state index contributed by atoms with van der Waals surface area (Å²) in [5.41, 5.74) is -0.364. The summed E-state index contributed by atoms with van der Waals surface area (Å²) in [6.45, 7) is 10.5. The van der Waals surface area contributed by atoms with E-state index < -0.39 is 12.0 Å². The third-order valence-corrected chi connectivity index (χ3v) is 3.04. The van der Waals surface area contributed by atoms with Gasteiger partial charge in [-0.1, -0.05) is 13.8 Å². The highest BCUT2D eigenvalue weighted by Crippen LogP contribution is 2.01. The number of ether oxygens (including phenoxy) is 1. The molecule has 0 aromatic rings. The standard InChI is InChI=1S/C17H33N3O5/c1-12(2)10-15(22)18-7-9-25-8-6-14(21)19-11-13(16(23)24)20-17(3,4)5/h12-13,20H,6-11H2,1-5H3,(H,18,22)(H,19,21)(H,23,24). The van der Waals surface area contributed by atoms with E-state index in [1.165, 1.54) is 0 Å².